The number of carbonyl (C=O) groups is 1. The number of aromatic nitrogens is 1. The predicted molar refractivity (Wildman–Crippen MR) is 100 cm³/mol. The number of nitrogens with zero attached hydrogens (tertiary/aromatic N) is 1. The monoisotopic (exact) mass is 358 g/mol. The van der Waals surface area contributed by atoms with Crippen LogP contribution < -0.4 is 10.1 Å². The summed E-state index contributed by atoms with van der Waals surface area (Å²) in [5.74, 6) is 0.591. The Bertz CT molecular complexity index is 854. The van der Waals surface area contributed by atoms with E-state index in [4.69, 9.17) is 4.74 Å². The summed E-state index contributed by atoms with van der Waals surface area (Å²) in [6, 6.07) is 9.75. The molecule has 0 spiro atoms. The van der Waals surface area contributed by atoms with Crippen LogP contribution in [0.1, 0.15) is 15.4 Å². The summed E-state index contributed by atoms with van der Waals surface area (Å²) in [6.07, 6.45) is 0.301. The van der Waals surface area contributed by atoms with Crippen molar-refractivity contribution in [2.45, 2.75) is 20.3 Å². The number of thiophene rings is 1. The predicted octanol–water partition coefficient (Wildman–Crippen LogP) is 4.68. The van der Waals surface area contributed by atoms with Crippen molar-refractivity contribution in [1.29, 1.82) is 0 Å². The Kier molecular flexibility index (Phi) is 4.97. The first-order valence-electron chi connectivity index (χ1n) is 7.51. The highest BCUT2D eigenvalue weighted by Crippen LogP contribution is 2.32. The van der Waals surface area contributed by atoms with E-state index in [-0.39, 0.29) is 5.91 Å². The number of rotatable bonds is 5. The van der Waals surface area contributed by atoms with E-state index in [9.17, 15) is 4.79 Å². The lowest BCUT2D eigenvalue weighted by Crippen LogP contribution is -2.15. The van der Waals surface area contributed by atoms with Crippen molar-refractivity contribution < 1.29 is 9.53 Å². The third kappa shape index (κ3) is 3.66. The molecule has 6 heteroatoms. The van der Waals surface area contributed by atoms with Gasteiger partial charge >= 0.3 is 0 Å². The standard InChI is InChI=1S/C18H18N2O2S2/c1-11-6-7-14(22-3)13(9-11)20-17(21)10-16-18(19-12(2)24-16)15-5-4-8-23-15/h4-9H,10H2,1-3H3,(H,20,21). The molecule has 1 N–H and O–H groups in total. The van der Waals surface area contributed by atoms with Gasteiger partial charge in [0.25, 0.3) is 0 Å². The summed E-state index contributed by atoms with van der Waals surface area (Å²) in [7, 11) is 1.60. The average molecular weight is 358 g/mol. The molecule has 0 saturated heterocycles. The number of hydrogen-bond acceptors (Lipinski definition) is 5. The molecule has 0 unspecified atom stereocenters. The van der Waals surface area contributed by atoms with Crippen LogP contribution in [-0.4, -0.2) is 18.0 Å². The maximum absolute atomic E-state index is 12.5. The Morgan fingerprint density at radius 3 is 2.83 bits per heavy atom. The van der Waals surface area contributed by atoms with E-state index >= 15 is 0 Å². The Hall–Kier alpha value is -2.18. The molecule has 2 heterocycles. The Balaban J connectivity index is 1.80. The maximum atomic E-state index is 12.5. The van der Waals surface area contributed by atoms with E-state index in [2.05, 4.69) is 10.3 Å². The molecule has 4 nitrogen and oxygen atoms in total. The third-order valence-corrected chi connectivity index (χ3v) is 5.36. The number of thiazole rings is 1. The summed E-state index contributed by atoms with van der Waals surface area (Å²) in [6.45, 7) is 3.95. The van der Waals surface area contributed by atoms with Gasteiger partial charge in [0.15, 0.2) is 0 Å². The first-order valence-corrected chi connectivity index (χ1v) is 9.21. The number of ether oxygens (including phenoxy) is 1. The first-order chi connectivity index (χ1) is 11.6. The second-order valence-corrected chi connectivity index (χ2v) is 7.65. The fourth-order valence-corrected chi connectivity index (χ4v) is 4.21. The highest BCUT2D eigenvalue weighted by atomic mass is 32.1. The number of benzene rings is 1. The van der Waals surface area contributed by atoms with Crippen molar-refractivity contribution in [2.75, 3.05) is 12.4 Å². The average Bonchev–Trinajstić information content (AvgIpc) is 3.17. The SMILES string of the molecule is COc1ccc(C)cc1NC(=O)Cc1sc(C)nc1-c1cccs1. The minimum Gasteiger partial charge on any atom is -0.495 e. The van der Waals surface area contributed by atoms with E-state index in [1.807, 2.05) is 49.6 Å². The highest BCUT2D eigenvalue weighted by Gasteiger charge is 2.16. The second-order valence-electron chi connectivity index (χ2n) is 5.41. The van der Waals surface area contributed by atoms with Crippen molar-refractivity contribution in [3.8, 4) is 16.3 Å². The van der Waals surface area contributed by atoms with Crippen molar-refractivity contribution in [1.82, 2.24) is 4.98 Å². The number of methoxy groups -OCH3 is 1. The molecule has 0 fully saturated rings. The first kappa shape index (κ1) is 16.7. The van der Waals surface area contributed by atoms with Crippen molar-refractivity contribution in [3.63, 3.8) is 0 Å². The quantitative estimate of drug-likeness (QED) is 0.720. The number of anilines is 1. The lowest BCUT2D eigenvalue weighted by atomic mass is 10.2. The number of amides is 1. The number of aryl methyl sites for hydroxylation is 2. The van der Waals surface area contributed by atoms with Gasteiger partial charge in [-0.3, -0.25) is 4.79 Å². The largest absolute Gasteiger partial charge is 0.495 e. The molecule has 1 amide bonds. The molecule has 0 saturated carbocycles. The molecule has 24 heavy (non-hydrogen) atoms. The second kappa shape index (κ2) is 7.15. The van der Waals surface area contributed by atoms with Crippen LogP contribution in [-0.2, 0) is 11.2 Å². The zero-order valence-corrected chi connectivity index (χ0v) is 15.4. The van der Waals surface area contributed by atoms with Gasteiger partial charge in [0.05, 0.1) is 34.8 Å². The lowest BCUT2D eigenvalue weighted by Gasteiger charge is -2.11. The van der Waals surface area contributed by atoms with Crippen LogP contribution in [0.15, 0.2) is 35.7 Å². The molecule has 0 bridgehead atoms. The van der Waals surface area contributed by atoms with Crippen LogP contribution in [0.25, 0.3) is 10.6 Å². The topological polar surface area (TPSA) is 51.2 Å². The van der Waals surface area contributed by atoms with Gasteiger partial charge in [-0.1, -0.05) is 12.1 Å². The van der Waals surface area contributed by atoms with E-state index in [1.165, 1.54) is 0 Å². The zero-order chi connectivity index (χ0) is 17.1. The third-order valence-electron chi connectivity index (χ3n) is 3.51. The minimum atomic E-state index is -0.0691. The molecule has 3 aromatic rings. The van der Waals surface area contributed by atoms with Gasteiger partial charge in [-0.2, -0.15) is 0 Å². The number of carbonyl (C=O) groups excluding carboxylic acids is 1. The van der Waals surface area contributed by atoms with Gasteiger partial charge in [-0.25, -0.2) is 4.98 Å². The summed E-state index contributed by atoms with van der Waals surface area (Å²) in [5.41, 5.74) is 2.68. The Morgan fingerprint density at radius 1 is 1.29 bits per heavy atom. The van der Waals surface area contributed by atoms with E-state index in [0.717, 1.165) is 26.0 Å². The molecule has 124 valence electrons. The number of nitrogens with one attached hydrogen (secondary N) is 1. The summed E-state index contributed by atoms with van der Waals surface area (Å²) >= 11 is 3.20. The van der Waals surface area contributed by atoms with Gasteiger partial charge < -0.3 is 10.1 Å². The number of hydrogen-bond donors (Lipinski definition) is 1. The molecule has 1 aromatic carbocycles. The molecule has 0 aliphatic carbocycles. The molecular formula is C18H18N2O2S2. The van der Waals surface area contributed by atoms with Gasteiger partial charge in [0, 0.05) is 4.88 Å². The van der Waals surface area contributed by atoms with Gasteiger partial charge in [0.1, 0.15) is 5.75 Å². The fourth-order valence-electron chi connectivity index (χ4n) is 2.45. The van der Waals surface area contributed by atoms with E-state index in [1.54, 1.807) is 29.8 Å². The van der Waals surface area contributed by atoms with Gasteiger partial charge in [0.2, 0.25) is 5.91 Å². The van der Waals surface area contributed by atoms with Crippen molar-refractivity contribution in [2.24, 2.45) is 0 Å². The minimum absolute atomic E-state index is 0.0691. The molecular weight excluding hydrogens is 340 g/mol. The van der Waals surface area contributed by atoms with Crippen molar-refractivity contribution >= 4 is 34.3 Å². The van der Waals surface area contributed by atoms with Crippen molar-refractivity contribution in [3.05, 3.63) is 51.2 Å². The van der Waals surface area contributed by atoms with Gasteiger partial charge in [-0.15, -0.1) is 22.7 Å². The van der Waals surface area contributed by atoms with Crippen LogP contribution >= 0.6 is 22.7 Å². The summed E-state index contributed by atoms with van der Waals surface area (Å²) in [5, 5.41) is 5.94. The lowest BCUT2D eigenvalue weighted by molar-refractivity contribution is -0.115. The van der Waals surface area contributed by atoms with Gasteiger partial charge in [-0.05, 0) is 43.0 Å². The van der Waals surface area contributed by atoms with Crippen LogP contribution in [0.2, 0.25) is 0 Å². The molecule has 2 aromatic heterocycles. The zero-order valence-electron chi connectivity index (χ0n) is 13.8. The molecule has 0 radical (unpaired) electrons. The van der Waals surface area contributed by atoms with Crippen LogP contribution in [0.3, 0.4) is 0 Å². The van der Waals surface area contributed by atoms with Crippen LogP contribution in [0.5, 0.6) is 5.75 Å². The fraction of sp³-hybridized carbons (Fsp3) is 0.222. The smallest absolute Gasteiger partial charge is 0.229 e. The molecule has 0 aliphatic heterocycles. The van der Waals surface area contributed by atoms with Crippen LogP contribution in [0.4, 0.5) is 5.69 Å². The van der Waals surface area contributed by atoms with E-state index in [0.29, 0.717) is 17.9 Å². The highest BCUT2D eigenvalue weighted by molar-refractivity contribution is 7.15. The molecule has 3 rings (SSSR count). The van der Waals surface area contributed by atoms with Crippen LogP contribution in [0, 0.1) is 13.8 Å². The maximum Gasteiger partial charge on any atom is 0.229 e. The molecule has 0 aliphatic rings. The Labute approximate surface area is 149 Å². The molecule has 0 atom stereocenters. The van der Waals surface area contributed by atoms with E-state index < -0.39 is 0 Å². The Morgan fingerprint density at radius 2 is 2.12 bits per heavy atom. The summed E-state index contributed by atoms with van der Waals surface area (Å²) in [4.78, 5) is 19.2. The normalized spacial score (nSPS) is 10.6. The summed E-state index contributed by atoms with van der Waals surface area (Å²) < 4.78 is 5.32.